The molecule has 104 valence electrons. The number of ether oxygens (including phenoxy) is 1. The fourth-order valence-corrected chi connectivity index (χ4v) is 1.97. The van der Waals surface area contributed by atoms with Gasteiger partial charge in [0.05, 0.1) is 4.92 Å². The summed E-state index contributed by atoms with van der Waals surface area (Å²) in [7, 11) is 0. The van der Waals surface area contributed by atoms with Crippen molar-refractivity contribution in [3.05, 3.63) is 62.7 Å². The van der Waals surface area contributed by atoms with Crippen LogP contribution in [-0.2, 0) is 6.54 Å². The number of halogens is 1. The normalized spacial score (nSPS) is 10.3. The standard InChI is InChI=1S/C14H13ClN2O3/c1-9-6-12(4-2-10(9)8-16)20-14-7-11(15)3-5-13(14)17(18)19/h2-7H,8,16H2,1H3. The number of aryl methyl sites for hydroxylation is 1. The molecule has 20 heavy (non-hydrogen) atoms. The van der Waals surface area contributed by atoms with E-state index in [1.165, 1.54) is 18.2 Å². The number of hydrogen-bond donors (Lipinski definition) is 1. The van der Waals surface area contributed by atoms with Crippen molar-refractivity contribution in [2.45, 2.75) is 13.5 Å². The molecular weight excluding hydrogens is 280 g/mol. The third kappa shape index (κ3) is 3.07. The Hall–Kier alpha value is -2.11. The van der Waals surface area contributed by atoms with Crippen molar-refractivity contribution in [1.29, 1.82) is 0 Å². The zero-order valence-corrected chi connectivity index (χ0v) is 11.6. The highest BCUT2D eigenvalue weighted by Gasteiger charge is 2.16. The van der Waals surface area contributed by atoms with E-state index in [1.807, 2.05) is 13.0 Å². The monoisotopic (exact) mass is 292 g/mol. The summed E-state index contributed by atoms with van der Waals surface area (Å²) in [6.45, 7) is 2.34. The molecule has 0 bridgehead atoms. The molecule has 0 unspecified atom stereocenters. The Bertz CT molecular complexity index is 659. The molecule has 0 saturated carbocycles. The van der Waals surface area contributed by atoms with E-state index in [1.54, 1.807) is 12.1 Å². The largest absolute Gasteiger partial charge is 0.450 e. The first-order chi connectivity index (χ1) is 9.51. The lowest BCUT2D eigenvalue weighted by Crippen LogP contribution is -1.99. The molecule has 0 aliphatic carbocycles. The maximum absolute atomic E-state index is 11.0. The quantitative estimate of drug-likeness (QED) is 0.686. The van der Waals surface area contributed by atoms with Gasteiger partial charge in [0.25, 0.3) is 0 Å². The molecule has 6 heteroatoms. The summed E-state index contributed by atoms with van der Waals surface area (Å²) in [5.74, 6) is 0.618. The zero-order valence-electron chi connectivity index (χ0n) is 10.8. The minimum absolute atomic E-state index is 0.113. The summed E-state index contributed by atoms with van der Waals surface area (Å²) in [5.41, 5.74) is 7.43. The molecule has 0 aliphatic heterocycles. The molecule has 0 aliphatic rings. The Balaban J connectivity index is 2.36. The molecule has 0 aromatic heterocycles. The summed E-state index contributed by atoms with van der Waals surface area (Å²) >= 11 is 5.85. The van der Waals surface area contributed by atoms with Crippen molar-refractivity contribution < 1.29 is 9.66 Å². The highest BCUT2D eigenvalue weighted by atomic mass is 35.5. The van der Waals surface area contributed by atoms with Crippen molar-refractivity contribution in [2.24, 2.45) is 5.73 Å². The topological polar surface area (TPSA) is 78.4 Å². The lowest BCUT2D eigenvalue weighted by atomic mass is 10.1. The Labute approximate surface area is 121 Å². The van der Waals surface area contributed by atoms with Gasteiger partial charge in [-0.05, 0) is 36.2 Å². The predicted molar refractivity (Wildman–Crippen MR) is 77.3 cm³/mol. The van der Waals surface area contributed by atoms with Crippen molar-refractivity contribution >= 4 is 17.3 Å². The minimum Gasteiger partial charge on any atom is -0.450 e. The van der Waals surface area contributed by atoms with E-state index in [0.29, 0.717) is 17.3 Å². The molecule has 0 saturated heterocycles. The summed E-state index contributed by atoms with van der Waals surface area (Å²) in [6, 6.07) is 9.54. The first-order valence-electron chi connectivity index (χ1n) is 5.92. The SMILES string of the molecule is Cc1cc(Oc2cc(Cl)ccc2[N+](=O)[O-])ccc1CN. The fourth-order valence-electron chi connectivity index (χ4n) is 1.81. The van der Waals surface area contributed by atoms with Gasteiger partial charge in [-0.2, -0.15) is 0 Å². The summed E-state index contributed by atoms with van der Waals surface area (Å²) in [5, 5.41) is 11.3. The van der Waals surface area contributed by atoms with Crippen LogP contribution in [0, 0.1) is 17.0 Å². The van der Waals surface area contributed by atoms with Crippen molar-refractivity contribution in [3.8, 4) is 11.5 Å². The molecule has 2 rings (SSSR count). The van der Waals surface area contributed by atoms with E-state index in [2.05, 4.69) is 0 Å². The smallest absolute Gasteiger partial charge is 0.311 e. The van der Waals surface area contributed by atoms with Gasteiger partial charge in [0.15, 0.2) is 0 Å². The van der Waals surface area contributed by atoms with Crippen LogP contribution in [0.25, 0.3) is 0 Å². The van der Waals surface area contributed by atoms with Crippen LogP contribution in [0.3, 0.4) is 0 Å². The van der Waals surface area contributed by atoms with Gasteiger partial charge in [0, 0.05) is 23.7 Å². The van der Waals surface area contributed by atoms with Gasteiger partial charge in [0.2, 0.25) is 5.75 Å². The highest BCUT2D eigenvalue weighted by molar-refractivity contribution is 6.30. The Morgan fingerprint density at radius 1 is 1.30 bits per heavy atom. The van der Waals surface area contributed by atoms with Crippen LogP contribution in [0.1, 0.15) is 11.1 Å². The van der Waals surface area contributed by atoms with Crippen LogP contribution >= 0.6 is 11.6 Å². The molecule has 2 aromatic carbocycles. The van der Waals surface area contributed by atoms with Gasteiger partial charge in [-0.1, -0.05) is 17.7 Å². The van der Waals surface area contributed by atoms with E-state index >= 15 is 0 Å². The summed E-state index contributed by atoms with van der Waals surface area (Å²) in [6.07, 6.45) is 0. The maximum atomic E-state index is 11.0. The fraction of sp³-hybridized carbons (Fsp3) is 0.143. The average molecular weight is 293 g/mol. The zero-order chi connectivity index (χ0) is 14.7. The van der Waals surface area contributed by atoms with Crippen LogP contribution < -0.4 is 10.5 Å². The number of rotatable bonds is 4. The highest BCUT2D eigenvalue weighted by Crippen LogP contribution is 2.34. The van der Waals surface area contributed by atoms with E-state index in [0.717, 1.165) is 11.1 Å². The predicted octanol–water partition coefficient (Wildman–Crippen LogP) is 3.81. The van der Waals surface area contributed by atoms with Gasteiger partial charge in [-0.25, -0.2) is 0 Å². The third-order valence-corrected chi connectivity index (χ3v) is 3.12. The number of nitrogens with zero attached hydrogens (tertiary/aromatic N) is 1. The number of hydrogen-bond acceptors (Lipinski definition) is 4. The second-order valence-electron chi connectivity index (χ2n) is 4.26. The first-order valence-corrected chi connectivity index (χ1v) is 6.30. The molecule has 5 nitrogen and oxygen atoms in total. The Morgan fingerprint density at radius 3 is 2.65 bits per heavy atom. The second kappa shape index (κ2) is 5.90. The van der Waals surface area contributed by atoms with E-state index < -0.39 is 4.92 Å². The molecule has 0 amide bonds. The second-order valence-corrected chi connectivity index (χ2v) is 4.70. The van der Waals surface area contributed by atoms with Crippen LogP contribution in [0.2, 0.25) is 5.02 Å². The molecule has 0 heterocycles. The molecule has 2 N–H and O–H groups in total. The van der Waals surface area contributed by atoms with E-state index in [9.17, 15) is 10.1 Å². The lowest BCUT2D eigenvalue weighted by Gasteiger charge is -2.09. The number of nitro benzene ring substituents is 1. The summed E-state index contributed by atoms with van der Waals surface area (Å²) < 4.78 is 5.57. The lowest BCUT2D eigenvalue weighted by molar-refractivity contribution is -0.385. The Morgan fingerprint density at radius 2 is 2.05 bits per heavy atom. The van der Waals surface area contributed by atoms with Crippen LogP contribution in [0.15, 0.2) is 36.4 Å². The molecule has 0 atom stereocenters. The number of benzene rings is 2. The van der Waals surface area contributed by atoms with E-state index in [-0.39, 0.29) is 11.4 Å². The summed E-state index contributed by atoms with van der Waals surface area (Å²) in [4.78, 5) is 10.4. The van der Waals surface area contributed by atoms with Gasteiger partial charge < -0.3 is 10.5 Å². The van der Waals surface area contributed by atoms with E-state index in [4.69, 9.17) is 22.1 Å². The third-order valence-electron chi connectivity index (χ3n) is 2.88. The molecular formula is C14H13ClN2O3. The molecule has 0 radical (unpaired) electrons. The molecule has 0 fully saturated rings. The van der Waals surface area contributed by atoms with Gasteiger partial charge >= 0.3 is 5.69 Å². The maximum Gasteiger partial charge on any atom is 0.311 e. The van der Waals surface area contributed by atoms with Crippen molar-refractivity contribution in [3.63, 3.8) is 0 Å². The van der Waals surface area contributed by atoms with Crippen molar-refractivity contribution in [1.82, 2.24) is 0 Å². The molecule has 2 aromatic rings. The molecule has 0 spiro atoms. The average Bonchev–Trinajstić information content (AvgIpc) is 2.38. The van der Waals surface area contributed by atoms with Crippen molar-refractivity contribution in [2.75, 3.05) is 0 Å². The van der Waals surface area contributed by atoms with Gasteiger partial charge in [0.1, 0.15) is 5.75 Å². The number of nitrogens with two attached hydrogens (primary N) is 1. The Kier molecular flexibility index (Phi) is 4.22. The van der Waals surface area contributed by atoms with Crippen LogP contribution in [0.5, 0.6) is 11.5 Å². The minimum atomic E-state index is -0.507. The van der Waals surface area contributed by atoms with Gasteiger partial charge in [-0.15, -0.1) is 0 Å². The van der Waals surface area contributed by atoms with Crippen LogP contribution in [-0.4, -0.2) is 4.92 Å². The number of nitro groups is 1. The first kappa shape index (κ1) is 14.3. The van der Waals surface area contributed by atoms with Gasteiger partial charge in [-0.3, -0.25) is 10.1 Å². The van der Waals surface area contributed by atoms with Crippen LogP contribution in [0.4, 0.5) is 5.69 Å².